The first-order chi connectivity index (χ1) is 13.2. The molecule has 0 spiro atoms. The highest BCUT2D eigenvalue weighted by atomic mass is 79.9. The van der Waals surface area contributed by atoms with E-state index >= 15 is 0 Å². The van der Waals surface area contributed by atoms with Crippen LogP contribution in [0.2, 0.25) is 0 Å². The molecule has 0 aliphatic heterocycles. The summed E-state index contributed by atoms with van der Waals surface area (Å²) in [5.41, 5.74) is 2.16. The van der Waals surface area contributed by atoms with Gasteiger partial charge in [-0.15, -0.1) is 0 Å². The minimum atomic E-state index is -4.08. The summed E-state index contributed by atoms with van der Waals surface area (Å²) in [7, 11) is -2.60. The van der Waals surface area contributed by atoms with Crippen molar-refractivity contribution in [1.29, 1.82) is 0 Å². The van der Waals surface area contributed by atoms with E-state index in [-0.39, 0.29) is 11.4 Å². The van der Waals surface area contributed by atoms with Gasteiger partial charge in [0.05, 0.1) is 12.0 Å². The second-order valence-electron chi connectivity index (χ2n) is 6.34. The van der Waals surface area contributed by atoms with Crippen molar-refractivity contribution in [3.8, 4) is 5.75 Å². The number of sulfonamides is 1. The number of halogens is 1. The molecule has 1 atom stereocenters. The van der Waals surface area contributed by atoms with E-state index in [1.54, 1.807) is 37.7 Å². The second-order valence-corrected chi connectivity index (χ2v) is 8.99. The number of carbonyl (C=O) groups is 1. The standard InChI is InChI=1S/C18H22BrN3O5S/c1-12(2)16(18(23)21-24)22(11-13-5-4-10-20-17(13)19)28(25,26)15-8-6-14(27-3)7-9-15/h4-10,12,16,24H,11H2,1-3H3,(H,21,23)/t16-/m1/s1. The van der Waals surface area contributed by atoms with E-state index in [0.29, 0.717) is 15.9 Å². The van der Waals surface area contributed by atoms with Crippen molar-refractivity contribution in [2.45, 2.75) is 31.3 Å². The zero-order valence-electron chi connectivity index (χ0n) is 15.7. The van der Waals surface area contributed by atoms with Crippen molar-refractivity contribution >= 4 is 31.9 Å². The lowest BCUT2D eigenvalue weighted by atomic mass is 10.0. The summed E-state index contributed by atoms with van der Waals surface area (Å²) >= 11 is 3.31. The van der Waals surface area contributed by atoms with Gasteiger partial charge in [0, 0.05) is 18.3 Å². The van der Waals surface area contributed by atoms with Crippen LogP contribution in [0.15, 0.2) is 52.1 Å². The van der Waals surface area contributed by atoms with Crippen LogP contribution in [-0.2, 0) is 21.4 Å². The molecule has 28 heavy (non-hydrogen) atoms. The zero-order valence-corrected chi connectivity index (χ0v) is 18.1. The predicted molar refractivity (Wildman–Crippen MR) is 106 cm³/mol. The molecule has 10 heteroatoms. The fourth-order valence-electron chi connectivity index (χ4n) is 2.75. The number of hydrogen-bond acceptors (Lipinski definition) is 6. The maximum Gasteiger partial charge on any atom is 0.262 e. The van der Waals surface area contributed by atoms with Crippen LogP contribution in [0.1, 0.15) is 19.4 Å². The lowest BCUT2D eigenvalue weighted by Gasteiger charge is -2.32. The summed E-state index contributed by atoms with van der Waals surface area (Å²) in [5.74, 6) is -0.711. The Balaban J connectivity index is 2.57. The first-order valence-corrected chi connectivity index (χ1v) is 10.6. The molecule has 0 aliphatic rings. The van der Waals surface area contributed by atoms with Crippen LogP contribution in [-0.4, -0.2) is 42.0 Å². The van der Waals surface area contributed by atoms with Gasteiger partial charge in [0.25, 0.3) is 5.91 Å². The monoisotopic (exact) mass is 471 g/mol. The van der Waals surface area contributed by atoms with Crippen LogP contribution in [0.3, 0.4) is 0 Å². The third-order valence-electron chi connectivity index (χ3n) is 4.15. The molecule has 0 saturated heterocycles. The Morgan fingerprint density at radius 3 is 2.43 bits per heavy atom. The average Bonchev–Trinajstić information content (AvgIpc) is 2.68. The molecule has 152 valence electrons. The number of aromatic nitrogens is 1. The van der Waals surface area contributed by atoms with Crippen LogP contribution in [0.25, 0.3) is 0 Å². The number of nitrogens with zero attached hydrogens (tertiary/aromatic N) is 2. The van der Waals surface area contributed by atoms with Gasteiger partial charge in [-0.3, -0.25) is 10.0 Å². The molecule has 2 rings (SSSR count). The number of carbonyl (C=O) groups excluding carboxylic acids is 1. The summed E-state index contributed by atoms with van der Waals surface area (Å²) in [6.45, 7) is 3.29. The second kappa shape index (κ2) is 9.46. The molecule has 1 heterocycles. The van der Waals surface area contributed by atoms with Crippen LogP contribution in [0.5, 0.6) is 5.75 Å². The molecule has 1 aromatic heterocycles. The number of methoxy groups -OCH3 is 1. The quantitative estimate of drug-likeness (QED) is 0.347. The number of hydroxylamine groups is 1. The highest BCUT2D eigenvalue weighted by Gasteiger charge is 2.38. The van der Waals surface area contributed by atoms with Gasteiger partial charge < -0.3 is 4.74 Å². The number of rotatable bonds is 8. The maximum atomic E-state index is 13.4. The van der Waals surface area contributed by atoms with Gasteiger partial charge in [-0.1, -0.05) is 19.9 Å². The number of benzene rings is 1. The minimum absolute atomic E-state index is 0.00435. The highest BCUT2D eigenvalue weighted by molar-refractivity contribution is 9.10. The largest absolute Gasteiger partial charge is 0.497 e. The van der Waals surface area contributed by atoms with Crippen LogP contribution < -0.4 is 10.2 Å². The van der Waals surface area contributed by atoms with Gasteiger partial charge in [0.15, 0.2) is 0 Å². The SMILES string of the molecule is COc1ccc(S(=O)(=O)N(Cc2cccnc2Br)[C@@H](C(=O)NO)C(C)C)cc1. The molecule has 0 unspecified atom stereocenters. The van der Waals surface area contributed by atoms with Crippen molar-refractivity contribution < 1.29 is 23.2 Å². The molecular weight excluding hydrogens is 450 g/mol. The van der Waals surface area contributed by atoms with Gasteiger partial charge in [0.1, 0.15) is 16.4 Å². The number of nitrogens with one attached hydrogen (secondary N) is 1. The lowest BCUT2D eigenvalue weighted by molar-refractivity contribution is -0.134. The molecule has 0 fully saturated rings. The van der Waals surface area contributed by atoms with Gasteiger partial charge in [0.2, 0.25) is 10.0 Å². The van der Waals surface area contributed by atoms with E-state index in [4.69, 9.17) is 9.94 Å². The minimum Gasteiger partial charge on any atom is -0.497 e. The number of pyridine rings is 1. The zero-order chi connectivity index (χ0) is 20.9. The van der Waals surface area contributed by atoms with Gasteiger partial charge in [-0.2, -0.15) is 4.31 Å². The summed E-state index contributed by atoms with van der Waals surface area (Å²) < 4.78 is 33.4. The Hall–Kier alpha value is -2.01. The van der Waals surface area contributed by atoms with Crippen molar-refractivity contribution in [1.82, 2.24) is 14.8 Å². The lowest BCUT2D eigenvalue weighted by Crippen LogP contribution is -2.51. The molecule has 1 aromatic carbocycles. The van der Waals surface area contributed by atoms with Gasteiger partial charge in [-0.25, -0.2) is 18.9 Å². The van der Waals surface area contributed by atoms with E-state index in [1.165, 1.54) is 31.4 Å². The number of amides is 1. The number of hydrogen-bond donors (Lipinski definition) is 2. The third kappa shape index (κ3) is 4.88. The maximum absolute atomic E-state index is 13.4. The Bertz CT molecular complexity index is 919. The molecule has 2 N–H and O–H groups in total. The molecule has 8 nitrogen and oxygen atoms in total. The van der Waals surface area contributed by atoms with Crippen LogP contribution >= 0.6 is 15.9 Å². The van der Waals surface area contributed by atoms with Crippen molar-refractivity contribution in [2.24, 2.45) is 5.92 Å². The molecule has 0 radical (unpaired) electrons. The van der Waals surface area contributed by atoms with E-state index in [0.717, 1.165) is 4.31 Å². The Kier molecular flexibility index (Phi) is 7.53. The van der Waals surface area contributed by atoms with E-state index in [2.05, 4.69) is 20.9 Å². The van der Waals surface area contributed by atoms with E-state index < -0.39 is 27.9 Å². The van der Waals surface area contributed by atoms with Gasteiger partial charge >= 0.3 is 0 Å². The number of ether oxygens (including phenoxy) is 1. The molecule has 0 aliphatic carbocycles. The first-order valence-electron chi connectivity index (χ1n) is 8.41. The fraction of sp³-hybridized carbons (Fsp3) is 0.333. The summed E-state index contributed by atoms with van der Waals surface area (Å²) in [5, 5.41) is 9.17. The van der Waals surface area contributed by atoms with Crippen LogP contribution in [0, 0.1) is 5.92 Å². The third-order valence-corrected chi connectivity index (χ3v) is 6.70. The molecule has 0 saturated carbocycles. The van der Waals surface area contributed by atoms with Crippen LogP contribution in [0.4, 0.5) is 0 Å². The Labute approximate surface area is 172 Å². The molecule has 1 amide bonds. The first kappa shape index (κ1) is 22.3. The fourth-order valence-corrected chi connectivity index (χ4v) is 4.83. The normalized spacial score (nSPS) is 12.8. The summed E-state index contributed by atoms with van der Waals surface area (Å²) in [4.78, 5) is 16.4. The van der Waals surface area contributed by atoms with Gasteiger partial charge in [-0.05, 0) is 52.2 Å². The highest BCUT2D eigenvalue weighted by Crippen LogP contribution is 2.27. The van der Waals surface area contributed by atoms with Crippen molar-refractivity contribution in [3.05, 3.63) is 52.8 Å². The smallest absolute Gasteiger partial charge is 0.262 e. The van der Waals surface area contributed by atoms with E-state index in [9.17, 15) is 13.2 Å². The summed E-state index contributed by atoms with van der Waals surface area (Å²) in [6.07, 6.45) is 1.57. The molecular formula is C18H22BrN3O5S. The van der Waals surface area contributed by atoms with Crippen molar-refractivity contribution in [3.63, 3.8) is 0 Å². The predicted octanol–water partition coefficient (Wildman–Crippen LogP) is 2.57. The average molecular weight is 472 g/mol. The van der Waals surface area contributed by atoms with Crippen molar-refractivity contribution in [2.75, 3.05) is 7.11 Å². The molecule has 0 bridgehead atoms. The summed E-state index contributed by atoms with van der Waals surface area (Å²) in [6, 6.07) is 8.13. The Morgan fingerprint density at radius 2 is 1.93 bits per heavy atom. The van der Waals surface area contributed by atoms with E-state index in [1.807, 2.05) is 0 Å². The topological polar surface area (TPSA) is 109 Å². The molecule has 2 aromatic rings. The Morgan fingerprint density at radius 1 is 1.29 bits per heavy atom.